The van der Waals surface area contributed by atoms with E-state index in [-0.39, 0.29) is 0 Å². The van der Waals surface area contributed by atoms with Gasteiger partial charge in [0, 0.05) is 5.25 Å². The molecule has 1 heteroatoms. The second-order valence-corrected chi connectivity index (χ2v) is 12.9. The van der Waals surface area contributed by atoms with Gasteiger partial charge < -0.3 is 0 Å². The highest BCUT2D eigenvalue weighted by Gasteiger charge is 2.58. The molecule has 160 valence electrons. The molecule has 0 spiro atoms. The Kier molecular flexibility index (Phi) is 6.07. The highest BCUT2D eigenvalue weighted by atomic mass is 32.1. The Bertz CT molecular complexity index is 591. The molecular weight excluding hydrogens is 356 g/mol. The molecule has 0 N–H and O–H groups in total. The van der Waals surface area contributed by atoms with Crippen LogP contribution in [0, 0.1) is 46.3 Å². The lowest BCUT2D eigenvalue weighted by molar-refractivity contribution is -0.0497. The molecular formula is C27H46S. The Hall–Kier alpha value is 0.0900. The van der Waals surface area contributed by atoms with Crippen molar-refractivity contribution >= 4 is 12.6 Å². The zero-order valence-corrected chi connectivity index (χ0v) is 20.2. The van der Waals surface area contributed by atoms with Crippen molar-refractivity contribution in [3.63, 3.8) is 0 Å². The Morgan fingerprint density at radius 2 is 1.79 bits per heavy atom. The summed E-state index contributed by atoms with van der Waals surface area (Å²) in [6.45, 7) is 12.7. The van der Waals surface area contributed by atoms with Gasteiger partial charge in [-0.15, -0.1) is 0 Å². The number of allylic oxidation sites excluding steroid dienone is 2. The van der Waals surface area contributed by atoms with Crippen molar-refractivity contribution in [2.75, 3.05) is 0 Å². The van der Waals surface area contributed by atoms with Crippen molar-refractivity contribution in [3.05, 3.63) is 11.6 Å². The van der Waals surface area contributed by atoms with Crippen LogP contribution in [0.4, 0.5) is 0 Å². The normalized spacial score (nSPS) is 46.5. The third-order valence-electron chi connectivity index (χ3n) is 10.3. The highest BCUT2D eigenvalue weighted by Crippen LogP contribution is 2.67. The van der Waals surface area contributed by atoms with E-state index in [1.165, 1.54) is 70.6 Å². The van der Waals surface area contributed by atoms with Gasteiger partial charge in [0.25, 0.3) is 0 Å². The van der Waals surface area contributed by atoms with Crippen molar-refractivity contribution in [2.24, 2.45) is 46.3 Å². The third kappa shape index (κ3) is 3.54. The predicted molar refractivity (Wildman–Crippen MR) is 126 cm³/mol. The summed E-state index contributed by atoms with van der Waals surface area (Å²) in [7, 11) is 0. The van der Waals surface area contributed by atoms with Crippen LogP contribution in [0.2, 0.25) is 0 Å². The fraction of sp³-hybridized carbons (Fsp3) is 0.926. The summed E-state index contributed by atoms with van der Waals surface area (Å²) in [6.07, 6.45) is 18.4. The Balaban J connectivity index is 1.49. The van der Waals surface area contributed by atoms with Crippen LogP contribution in [0.5, 0.6) is 0 Å². The van der Waals surface area contributed by atoms with Crippen LogP contribution in [-0.2, 0) is 0 Å². The first-order chi connectivity index (χ1) is 13.3. The summed E-state index contributed by atoms with van der Waals surface area (Å²) in [6, 6.07) is 0. The standard InChI is InChI=1S/C27H46S/c1-18(2)7-6-8-19(3)23-11-12-24-22-10-9-20-17-21(28)13-15-26(20,4)25(22)14-16-27(23,24)5/h9,18-19,21-25,28H,6-8,10-17H2,1-5H3/t19-,21+,22-,23-,24+,25+,26-,27+/m0/s1. The topological polar surface area (TPSA) is 0 Å². The van der Waals surface area contributed by atoms with E-state index < -0.39 is 0 Å². The molecule has 0 nitrogen and oxygen atoms in total. The van der Waals surface area contributed by atoms with E-state index >= 15 is 0 Å². The molecule has 0 unspecified atom stereocenters. The summed E-state index contributed by atoms with van der Waals surface area (Å²) in [4.78, 5) is 0. The lowest BCUT2D eigenvalue weighted by Gasteiger charge is -2.58. The van der Waals surface area contributed by atoms with E-state index in [1.54, 1.807) is 5.57 Å². The van der Waals surface area contributed by atoms with Crippen molar-refractivity contribution in [2.45, 2.75) is 110 Å². The molecule has 0 saturated heterocycles. The van der Waals surface area contributed by atoms with E-state index in [0.29, 0.717) is 16.1 Å². The minimum atomic E-state index is 0.504. The summed E-state index contributed by atoms with van der Waals surface area (Å²) in [5, 5.41) is 0.618. The molecule has 0 aromatic carbocycles. The Labute approximate surface area is 181 Å². The minimum absolute atomic E-state index is 0.504. The van der Waals surface area contributed by atoms with Gasteiger partial charge in [0.1, 0.15) is 0 Å². The van der Waals surface area contributed by atoms with Crippen molar-refractivity contribution in [3.8, 4) is 0 Å². The molecule has 4 rings (SSSR count). The Morgan fingerprint density at radius 3 is 2.54 bits per heavy atom. The van der Waals surface area contributed by atoms with E-state index in [2.05, 4.69) is 40.7 Å². The number of hydrogen-bond donors (Lipinski definition) is 1. The quantitative estimate of drug-likeness (QED) is 0.347. The number of rotatable bonds is 5. The number of hydrogen-bond acceptors (Lipinski definition) is 1. The van der Waals surface area contributed by atoms with Crippen LogP contribution in [0.1, 0.15) is 105 Å². The second kappa shape index (κ2) is 7.97. The molecule has 0 aromatic heterocycles. The average molecular weight is 403 g/mol. The molecule has 0 aromatic rings. The molecule has 4 aliphatic carbocycles. The van der Waals surface area contributed by atoms with Crippen LogP contribution in [0.3, 0.4) is 0 Å². The Morgan fingerprint density at radius 1 is 1.00 bits per heavy atom. The van der Waals surface area contributed by atoms with Gasteiger partial charge in [-0.05, 0) is 97.7 Å². The first kappa shape index (κ1) is 21.3. The summed E-state index contributed by atoms with van der Waals surface area (Å²) >= 11 is 4.84. The maximum absolute atomic E-state index is 4.84. The van der Waals surface area contributed by atoms with Crippen LogP contribution in [0.25, 0.3) is 0 Å². The van der Waals surface area contributed by atoms with Crippen molar-refractivity contribution in [1.29, 1.82) is 0 Å². The summed E-state index contributed by atoms with van der Waals surface area (Å²) < 4.78 is 0. The van der Waals surface area contributed by atoms with E-state index in [1.807, 2.05) is 0 Å². The van der Waals surface area contributed by atoms with Gasteiger partial charge in [-0.25, -0.2) is 0 Å². The van der Waals surface area contributed by atoms with E-state index in [0.717, 1.165) is 35.5 Å². The van der Waals surface area contributed by atoms with Crippen molar-refractivity contribution < 1.29 is 0 Å². The zero-order chi connectivity index (χ0) is 20.1. The fourth-order valence-corrected chi connectivity index (χ4v) is 8.99. The van der Waals surface area contributed by atoms with Gasteiger partial charge in [0.15, 0.2) is 0 Å². The van der Waals surface area contributed by atoms with Crippen LogP contribution in [0.15, 0.2) is 11.6 Å². The SMILES string of the molecule is CC(C)CCC[C@H](C)[C@@H]1CC[C@@H]2[C@@H]3CC=C4C[C@H](S)CC[C@]4(C)[C@@H]3CC[C@@]21C. The van der Waals surface area contributed by atoms with Gasteiger partial charge in [0.05, 0.1) is 0 Å². The van der Waals surface area contributed by atoms with Crippen LogP contribution < -0.4 is 0 Å². The van der Waals surface area contributed by atoms with Crippen LogP contribution in [-0.4, -0.2) is 5.25 Å². The number of thiol groups is 1. The maximum atomic E-state index is 4.84. The average Bonchev–Trinajstić information content (AvgIpc) is 2.99. The first-order valence-corrected chi connectivity index (χ1v) is 13.1. The van der Waals surface area contributed by atoms with Gasteiger partial charge in [-0.3, -0.25) is 0 Å². The van der Waals surface area contributed by atoms with Gasteiger partial charge >= 0.3 is 0 Å². The van der Waals surface area contributed by atoms with Crippen LogP contribution >= 0.6 is 12.6 Å². The fourth-order valence-electron chi connectivity index (χ4n) is 8.67. The highest BCUT2D eigenvalue weighted by molar-refractivity contribution is 7.80. The van der Waals surface area contributed by atoms with Gasteiger partial charge in [0.2, 0.25) is 0 Å². The summed E-state index contributed by atoms with van der Waals surface area (Å²) in [5.74, 6) is 5.70. The molecule has 3 saturated carbocycles. The molecule has 28 heavy (non-hydrogen) atoms. The van der Waals surface area contributed by atoms with Crippen molar-refractivity contribution in [1.82, 2.24) is 0 Å². The lowest BCUT2D eigenvalue weighted by Crippen LogP contribution is -2.50. The molecule has 0 radical (unpaired) electrons. The molecule has 0 heterocycles. The smallest absolute Gasteiger partial charge is 0.00545 e. The zero-order valence-electron chi connectivity index (χ0n) is 19.3. The predicted octanol–water partition coefficient (Wildman–Crippen LogP) is 8.33. The minimum Gasteiger partial charge on any atom is -0.176 e. The summed E-state index contributed by atoms with van der Waals surface area (Å²) in [5.41, 5.74) is 2.92. The molecule has 4 aliphatic rings. The monoisotopic (exact) mass is 402 g/mol. The largest absolute Gasteiger partial charge is 0.176 e. The van der Waals surface area contributed by atoms with E-state index in [9.17, 15) is 0 Å². The molecule has 0 aliphatic heterocycles. The molecule has 0 bridgehead atoms. The number of fused-ring (bicyclic) bond motifs is 5. The first-order valence-electron chi connectivity index (χ1n) is 12.6. The maximum Gasteiger partial charge on any atom is 0.00545 e. The molecule has 0 amide bonds. The molecule has 3 fully saturated rings. The second-order valence-electron chi connectivity index (χ2n) is 12.2. The van der Waals surface area contributed by atoms with E-state index in [4.69, 9.17) is 12.6 Å². The van der Waals surface area contributed by atoms with Gasteiger partial charge in [-0.2, -0.15) is 12.6 Å². The third-order valence-corrected chi connectivity index (χ3v) is 10.7. The molecule has 8 atom stereocenters. The van der Waals surface area contributed by atoms with Gasteiger partial charge in [-0.1, -0.05) is 65.5 Å². The lowest BCUT2D eigenvalue weighted by atomic mass is 9.47.